The Bertz CT molecular complexity index is 1460. The van der Waals surface area contributed by atoms with Gasteiger partial charge in [0.25, 0.3) is 5.91 Å². The van der Waals surface area contributed by atoms with Gasteiger partial charge in [0.2, 0.25) is 5.91 Å². The summed E-state index contributed by atoms with van der Waals surface area (Å²) in [6.07, 6.45) is 2.62. The number of anilines is 2. The van der Waals surface area contributed by atoms with E-state index in [2.05, 4.69) is 58.4 Å². The van der Waals surface area contributed by atoms with Crippen molar-refractivity contribution in [3.8, 4) is 5.75 Å². The van der Waals surface area contributed by atoms with E-state index in [0.29, 0.717) is 25.3 Å². The maximum absolute atomic E-state index is 12.2. The van der Waals surface area contributed by atoms with Gasteiger partial charge in [-0.15, -0.1) is 0 Å². The van der Waals surface area contributed by atoms with Crippen LogP contribution in [0, 0.1) is 5.92 Å². The molecule has 2 atom stereocenters. The monoisotopic (exact) mass is 798 g/mol. The van der Waals surface area contributed by atoms with Gasteiger partial charge in [0.15, 0.2) is 5.06 Å². The summed E-state index contributed by atoms with van der Waals surface area (Å²) < 4.78 is 2.10. The third kappa shape index (κ3) is 8.71. The lowest BCUT2D eigenvalue weighted by Gasteiger charge is -2.30. The highest BCUT2D eigenvalue weighted by Gasteiger charge is 2.43. The van der Waals surface area contributed by atoms with Crippen LogP contribution in [0.1, 0.15) is 10.4 Å². The van der Waals surface area contributed by atoms with E-state index in [9.17, 15) is 19.8 Å². The Labute approximate surface area is 269 Å². The maximum atomic E-state index is 12.2. The number of aromatic hydroxyl groups is 1. The molecule has 0 radical (unpaired) electrons. The van der Waals surface area contributed by atoms with Gasteiger partial charge >= 0.3 is 0 Å². The molecule has 3 aromatic rings. The van der Waals surface area contributed by atoms with Gasteiger partial charge in [-0.05, 0) is 82.7 Å². The largest absolute Gasteiger partial charge is 0.506 e. The summed E-state index contributed by atoms with van der Waals surface area (Å²) in [5.74, 6) is -2.12. The first kappa shape index (κ1) is 32.0. The smallest absolute Gasteiger partial charge is 0.259 e. The summed E-state index contributed by atoms with van der Waals surface area (Å²) in [6, 6.07) is 17.0. The van der Waals surface area contributed by atoms with Crippen molar-refractivity contribution >= 4 is 117 Å². The molecule has 2 unspecified atom stereocenters. The molecule has 13 heteroatoms. The third-order valence-corrected chi connectivity index (χ3v) is 8.08. The SMILES string of the molecule is O=C(Nc1ccc(Br)cc1)c1cc(Br)cc(Br)c1O.O=C(Nc1cccc(Cl)c1)C1C=C(Cl)C=C(Cl)C1(O)Cl. The number of carbonyl (C=O) groups is 2. The standard InChI is InChI=1S/C13H8Br3NO2.C13H9Cl4NO2/c14-7-1-3-9(4-2-7)17-13(19)10-5-8(15)6-11(16)12(10)18;14-7-2-1-3-9(4-7)18-12(19)10-5-8(15)6-11(16)13(10,17)20/h1-6,18H,(H,17,19);1-6,10,20H,(H,18,19). The van der Waals surface area contributed by atoms with Crippen molar-refractivity contribution in [3.05, 3.63) is 107 Å². The Balaban J connectivity index is 0.000000216. The Morgan fingerprint density at radius 3 is 2.18 bits per heavy atom. The Morgan fingerprint density at radius 1 is 0.872 bits per heavy atom. The van der Waals surface area contributed by atoms with Gasteiger partial charge in [0, 0.05) is 30.4 Å². The van der Waals surface area contributed by atoms with Crippen LogP contribution >= 0.6 is 94.2 Å². The summed E-state index contributed by atoms with van der Waals surface area (Å²) >= 11 is 33.2. The maximum Gasteiger partial charge on any atom is 0.259 e. The molecule has 4 rings (SSSR count). The molecule has 1 aliphatic carbocycles. The highest BCUT2D eigenvalue weighted by molar-refractivity contribution is 9.11. The number of aliphatic hydroxyl groups is 1. The van der Waals surface area contributed by atoms with E-state index in [4.69, 9.17) is 46.4 Å². The lowest BCUT2D eigenvalue weighted by atomic mass is 9.95. The Kier molecular flexibility index (Phi) is 11.4. The molecule has 0 heterocycles. The summed E-state index contributed by atoms with van der Waals surface area (Å²) in [6.45, 7) is 0. The van der Waals surface area contributed by atoms with E-state index >= 15 is 0 Å². The zero-order valence-electron chi connectivity index (χ0n) is 19.4. The van der Waals surface area contributed by atoms with Crippen LogP contribution in [0.4, 0.5) is 11.4 Å². The van der Waals surface area contributed by atoms with Crippen LogP contribution in [0.2, 0.25) is 5.02 Å². The van der Waals surface area contributed by atoms with Crippen molar-refractivity contribution in [2.75, 3.05) is 10.6 Å². The minimum Gasteiger partial charge on any atom is -0.506 e. The molecule has 2 amide bonds. The van der Waals surface area contributed by atoms with Crippen molar-refractivity contribution in [1.29, 1.82) is 0 Å². The van der Waals surface area contributed by atoms with E-state index in [1.807, 2.05) is 12.1 Å². The number of alkyl halides is 1. The molecule has 204 valence electrons. The van der Waals surface area contributed by atoms with Crippen LogP contribution in [-0.2, 0) is 4.79 Å². The quantitative estimate of drug-likeness (QED) is 0.198. The first-order chi connectivity index (χ1) is 18.3. The topological polar surface area (TPSA) is 98.7 Å². The molecular formula is C26H17Br3Cl4N2O4. The van der Waals surface area contributed by atoms with Crippen molar-refractivity contribution < 1.29 is 19.8 Å². The zero-order chi connectivity index (χ0) is 28.9. The van der Waals surface area contributed by atoms with Gasteiger partial charge in [0.1, 0.15) is 11.7 Å². The van der Waals surface area contributed by atoms with Gasteiger partial charge in [-0.2, -0.15) is 0 Å². The van der Waals surface area contributed by atoms with Crippen molar-refractivity contribution in [2.45, 2.75) is 5.06 Å². The van der Waals surface area contributed by atoms with E-state index in [1.54, 1.807) is 48.5 Å². The van der Waals surface area contributed by atoms with Crippen LogP contribution in [0.5, 0.6) is 5.75 Å². The van der Waals surface area contributed by atoms with Crippen molar-refractivity contribution in [2.24, 2.45) is 5.92 Å². The molecule has 0 bridgehead atoms. The number of nitrogens with one attached hydrogen (secondary N) is 2. The van der Waals surface area contributed by atoms with Gasteiger partial charge in [-0.25, -0.2) is 0 Å². The van der Waals surface area contributed by atoms with Gasteiger partial charge in [-0.1, -0.05) is 84.3 Å². The molecule has 3 aromatic carbocycles. The number of hydrogen-bond acceptors (Lipinski definition) is 4. The second-order valence-electron chi connectivity index (χ2n) is 7.94. The molecule has 0 fully saturated rings. The lowest BCUT2D eigenvalue weighted by molar-refractivity contribution is -0.121. The number of benzene rings is 3. The van der Waals surface area contributed by atoms with Crippen LogP contribution in [-0.4, -0.2) is 27.1 Å². The first-order valence-electron chi connectivity index (χ1n) is 10.8. The lowest BCUT2D eigenvalue weighted by Crippen LogP contribution is -2.41. The van der Waals surface area contributed by atoms with Crippen molar-refractivity contribution in [1.82, 2.24) is 0 Å². The van der Waals surface area contributed by atoms with Gasteiger partial charge in [0.05, 0.1) is 15.1 Å². The zero-order valence-corrected chi connectivity index (χ0v) is 27.1. The van der Waals surface area contributed by atoms with Crippen molar-refractivity contribution in [3.63, 3.8) is 0 Å². The Hall–Kier alpha value is -1.56. The molecule has 39 heavy (non-hydrogen) atoms. The molecule has 6 nitrogen and oxygen atoms in total. The van der Waals surface area contributed by atoms with E-state index in [0.717, 1.165) is 4.47 Å². The van der Waals surface area contributed by atoms with Crippen LogP contribution < -0.4 is 10.6 Å². The summed E-state index contributed by atoms with van der Waals surface area (Å²) in [4.78, 5) is 24.3. The summed E-state index contributed by atoms with van der Waals surface area (Å²) in [7, 11) is 0. The van der Waals surface area contributed by atoms with Crippen LogP contribution in [0.25, 0.3) is 0 Å². The van der Waals surface area contributed by atoms with Gasteiger partial charge in [-0.3, -0.25) is 9.59 Å². The molecule has 0 saturated heterocycles. The van der Waals surface area contributed by atoms with E-state index in [1.165, 1.54) is 12.2 Å². The molecule has 4 N–H and O–H groups in total. The number of phenols is 1. The van der Waals surface area contributed by atoms with E-state index < -0.39 is 16.9 Å². The number of amides is 2. The van der Waals surface area contributed by atoms with Gasteiger partial charge < -0.3 is 20.8 Å². The summed E-state index contributed by atoms with van der Waals surface area (Å²) in [5.41, 5.74) is 1.33. The predicted octanol–water partition coefficient (Wildman–Crippen LogP) is 9.01. The highest BCUT2D eigenvalue weighted by atomic mass is 79.9. The number of carbonyl (C=O) groups excluding carboxylic acids is 2. The molecule has 0 aliphatic heterocycles. The number of halogens is 7. The van der Waals surface area contributed by atoms with Crippen LogP contribution in [0.3, 0.4) is 0 Å². The number of phenolic OH excluding ortho intramolecular Hbond substituents is 1. The fraction of sp³-hybridized carbons (Fsp3) is 0.0769. The average molecular weight is 803 g/mol. The molecule has 0 saturated carbocycles. The fourth-order valence-electron chi connectivity index (χ4n) is 3.19. The number of allylic oxidation sites excluding steroid dienone is 2. The number of hydrogen-bond donors (Lipinski definition) is 4. The van der Waals surface area contributed by atoms with Crippen LogP contribution in [0.15, 0.2) is 96.3 Å². The predicted molar refractivity (Wildman–Crippen MR) is 168 cm³/mol. The number of rotatable bonds is 4. The normalized spacial score (nSPS) is 18.2. The summed E-state index contributed by atoms with van der Waals surface area (Å²) in [5, 5.41) is 23.9. The average Bonchev–Trinajstić information content (AvgIpc) is 2.85. The minimum absolute atomic E-state index is 0.0854. The minimum atomic E-state index is -2.03. The molecular weight excluding hydrogens is 786 g/mol. The van der Waals surface area contributed by atoms with E-state index in [-0.39, 0.29) is 27.3 Å². The molecule has 1 aliphatic rings. The second kappa shape index (κ2) is 13.9. The third-order valence-electron chi connectivity index (χ3n) is 5.09. The fourth-order valence-corrected chi connectivity index (χ4v) is 5.62. The highest BCUT2D eigenvalue weighted by Crippen LogP contribution is 2.40. The Morgan fingerprint density at radius 2 is 1.54 bits per heavy atom. The first-order valence-corrected chi connectivity index (χ1v) is 14.6. The second-order valence-corrected chi connectivity index (χ2v) is 12.5. The molecule has 0 aromatic heterocycles. The molecule has 0 spiro atoms.